The van der Waals surface area contributed by atoms with E-state index in [9.17, 15) is 0 Å². The quantitative estimate of drug-likeness (QED) is 0.140. The Labute approximate surface area is 379 Å². The molecule has 0 aliphatic heterocycles. The van der Waals surface area contributed by atoms with Crippen LogP contribution in [0.4, 0.5) is 17.1 Å². The minimum absolute atomic E-state index is 0.0428. The number of hydrogen-bond donors (Lipinski definition) is 0. The third-order valence-corrected chi connectivity index (χ3v) is 14.1. The number of rotatable bonds is 9. The zero-order valence-corrected chi connectivity index (χ0v) is 37.2. The zero-order valence-electron chi connectivity index (χ0n) is 37.2. The Hall–Kier alpha value is -7.22. The van der Waals surface area contributed by atoms with Crippen LogP contribution in [0.15, 0.2) is 224 Å². The number of fused-ring (bicyclic) bond motifs is 6. The highest BCUT2D eigenvalue weighted by atomic mass is 15.1. The summed E-state index contributed by atoms with van der Waals surface area (Å²) < 4.78 is 0. The van der Waals surface area contributed by atoms with Gasteiger partial charge in [-0.3, -0.25) is 0 Å². The molecule has 2 aliphatic rings. The van der Waals surface area contributed by atoms with Gasteiger partial charge in [0.2, 0.25) is 0 Å². The van der Waals surface area contributed by atoms with Gasteiger partial charge in [-0.15, -0.1) is 0 Å². The molecule has 0 aromatic heterocycles. The smallest absolute Gasteiger partial charge is 0.0714 e. The summed E-state index contributed by atoms with van der Waals surface area (Å²) in [7, 11) is 0. The molecule has 9 aromatic carbocycles. The molecule has 11 rings (SSSR count). The van der Waals surface area contributed by atoms with Crippen molar-refractivity contribution < 1.29 is 0 Å². The molecule has 0 fully saturated rings. The van der Waals surface area contributed by atoms with Crippen LogP contribution >= 0.6 is 0 Å². The van der Waals surface area contributed by atoms with Crippen molar-refractivity contribution in [3.8, 4) is 22.3 Å². The Morgan fingerprint density at radius 1 is 0.359 bits per heavy atom. The maximum atomic E-state index is 2.49. The Balaban J connectivity index is 1.16. The second-order valence-electron chi connectivity index (χ2n) is 18.7. The normalized spacial score (nSPS) is 17.0. The Kier molecular flexibility index (Phi) is 9.62. The molecule has 0 bridgehead atoms. The number of benzene rings is 9. The fraction of sp³-hybridized carbons (Fsp3) is 0.143. The highest BCUT2D eigenvalue weighted by Crippen LogP contribution is 2.59. The van der Waals surface area contributed by atoms with Gasteiger partial charge >= 0.3 is 0 Å². The van der Waals surface area contributed by atoms with Gasteiger partial charge in [0.15, 0.2) is 0 Å². The summed E-state index contributed by atoms with van der Waals surface area (Å²) in [5.74, 6) is 0. The molecule has 64 heavy (non-hydrogen) atoms. The van der Waals surface area contributed by atoms with E-state index in [4.69, 9.17) is 0 Å². The van der Waals surface area contributed by atoms with Gasteiger partial charge in [-0.25, -0.2) is 0 Å². The summed E-state index contributed by atoms with van der Waals surface area (Å²) in [4.78, 5) is 2.48. The highest BCUT2D eigenvalue weighted by Gasteiger charge is 2.48. The minimum Gasteiger partial charge on any atom is -0.310 e. The molecule has 0 saturated heterocycles. The van der Waals surface area contributed by atoms with E-state index in [0.29, 0.717) is 0 Å². The van der Waals surface area contributed by atoms with E-state index in [-0.39, 0.29) is 5.41 Å². The molecular weight excluding hydrogens is 771 g/mol. The van der Waals surface area contributed by atoms with E-state index in [0.717, 1.165) is 29.9 Å². The molecule has 0 radical (unpaired) electrons. The average Bonchev–Trinajstić information content (AvgIpc) is 3.81. The van der Waals surface area contributed by atoms with Crippen molar-refractivity contribution >= 4 is 17.1 Å². The number of hydrogen-bond acceptors (Lipinski definition) is 1. The lowest BCUT2D eigenvalue weighted by atomic mass is 9.67. The summed E-state index contributed by atoms with van der Waals surface area (Å²) >= 11 is 0. The van der Waals surface area contributed by atoms with E-state index in [1.165, 1.54) is 77.9 Å². The van der Waals surface area contributed by atoms with E-state index in [2.05, 4.69) is 257 Å². The van der Waals surface area contributed by atoms with Crippen LogP contribution in [-0.4, -0.2) is 0 Å². The first kappa shape index (κ1) is 39.6. The number of aryl methyl sites for hydroxylation is 1. The van der Waals surface area contributed by atoms with Gasteiger partial charge in [-0.2, -0.15) is 0 Å². The average molecular weight is 824 g/mol. The third-order valence-electron chi connectivity index (χ3n) is 14.1. The first-order valence-electron chi connectivity index (χ1n) is 23.0. The van der Waals surface area contributed by atoms with Crippen LogP contribution in [0.25, 0.3) is 22.3 Å². The molecular formula is C63H53N. The fourth-order valence-corrected chi connectivity index (χ4v) is 11.2. The third kappa shape index (κ3) is 6.05. The summed E-state index contributed by atoms with van der Waals surface area (Å²) in [5.41, 5.74) is 20.5. The van der Waals surface area contributed by atoms with E-state index < -0.39 is 10.8 Å². The topological polar surface area (TPSA) is 3.24 Å². The van der Waals surface area contributed by atoms with Crippen molar-refractivity contribution in [3.63, 3.8) is 0 Å². The Morgan fingerprint density at radius 2 is 0.750 bits per heavy atom. The van der Waals surface area contributed by atoms with Crippen LogP contribution in [0.3, 0.4) is 0 Å². The van der Waals surface area contributed by atoms with Gasteiger partial charge in [0.05, 0.1) is 10.8 Å². The van der Waals surface area contributed by atoms with Crippen LogP contribution in [0, 0.1) is 0 Å². The molecule has 0 N–H and O–H groups in total. The lowest BCUT2D eigenvalue weighted by Gasteiger charge is -2.36. The standard InChI is InChI=1S/C63H53N/c1-5-19-44-30-32-48(33-31-44)62(46-20-9-6-10-21-46)57-28-17-15-26-53(57)55-40-38-51(42-59(55)62)64(50-24-13-8-14-25-50)52-39-41-56-54-27-16-18-29-58(54)63(60(56)43-52,47-22-11-7-12-23-47)49-36-34-45(35-37-49)61(2,3)4/h6-18,20-43H,5,19H2,1-4H3. The minimum atomic E-state index is -0.534. The van der Waals surface area contributed by atoms with Gasteiger partial charge in [0.1, 0.15) is 0 Å². The molecule has 0 heterocycles. The molecule has 0 spiro atoms. The van der Waals surface area contributed by atoms with E-state index in [1.54, 1.807) is 0 Å². The molecule has 0 saturated carbocycles. The molecule has 2 atom stereocenters. The van der Waals surface area contributed by atoms with Crippen LogP contribution in [-0.2, 0) is 22.7 Å². The van der Waals surface area contributed by atoms with Crippen molar-refractivity contribution in [1.82, 2.24) is 0 Å². The molecule has 1 heteroatoms. The number of para-hydroxylation sites is 1. The van der Waals surface area contributed by atoms with Crippen LogP contribution in [0.5, 0.6) is 0 Å². The maximum absolute atomic E-state index is 2.49. The van der Waals surface area contributed by atoms with Crippen molar-refractivity contribution in [1.29, 1.82) is 0 Å². The van der Waals surface area contributed by atoms with E-state index in [1.807, 2.05) is 0 Å². The largest absolute Gasteiger partial charge is 0.310 e. The Bertz CT molecular complexity index is 3120. The van der Waals surface area contributed by atoms with Gasteiger partial charge in [-0.05, 0) is 126 Å². The van der Waals surface area contributed by atoms with Gasteiger partial charge in [0, 0.05) is 17.1 Å². The molecule has 1 nitrogen and oxygen atoms in total. The van der Waals surface area contributed by atoms with Gasteiger partial charge in [0.25, 0.3) is 0 Å². The first-order valence-corrected chi connectivity index (χ1v) is 23.0. The van der Waals surface area contributed by atoms with Gasteiger partial charge in [-0.1, -0.05) is 222 Å². The summed E-state index contributed by atoms with van der Waals surface area (Å²) in [6.07, 6.45) is 2.19. The van der Waals surface area contributed by atoms with Crippen molar-refractivity contribution in [2.45, 2.75) is 56.8 Å². The second-order valence-corrected chi connectivity index (χ2v) is 18.7. The van der Waals surface area contributed by atoms with Crippen LogP contribution in [0.1, 0.15) is 89.8 Å². The number of nitrogens with zero attached hydrogens (tertiary/aromatic N) is 1. The highest BCUT2D eigenvalue weighted by molar-refractivity contribution is 5.92. The summed E-state index contributed by atoms with van der Waals surface area (Å²) in [5, 5.41) is 0. The molecule has 0 amide bonds. The first-order chi connectivity index (χ1) is 31.3. The van der Waals surface area contributed by atoms with Crippen molar-refractivity contribution in [3.05, 3.63) is 280 Å². The Morgan fingerprint density at radius 3 is 1.20 bits per heavy atom. The number of anilines is 3. The molecule has 2 unspecified atom stereocenters. The lowest BCUT2D eigenvalue weighted by molar-refractivity contribution is 0.589. The second kappa shape index (κ2) is 15.5. The SMILES string of the molecule is CCCc1ccc(C2(c3ccccc3)c3ccccc3-c3ccc(N(c4ccccc4)c4ccc5c(c4)C(c4ccccc4)(c4ccc(C(C)(C)C)cc4)c4ccccc4-5)cc32)cc1. The predicted molar refractivity (Wildman–Crippen MR) is 268 cm³/mol. The monoisotopic (exact) mass is 823 g/mol. The molecule has 310 valence electrons. The van der Waals surface area contributed by atoms with Crippen molar-refractivity contribution in [2.75, 3.05) is 4.90 Å². The summed E-state index contributed by atoms with van der Waals surface area (Å²) in [6, 6.07) is 84.8. The predicted octanol–water partition coefficient (Wildman–Crippen LogP) is 16.1. The molecule has 2 aliphatic carbocycles. The lowest BCUT2D eigenvalue weighted by Crippen LogP contribution is -2.29. The molecule has 9 aromatic rings. The van der Waals surface area contributed by atoms with Crippen LogP contribution in [0.2, 0.25) is 0 Å². The zero-order chi connectivity index (χ0) is 43.5. The van der Waals surface area contributed by atoms with E-state index >= 15 is 0 Å². The van der Waals surface area contributed by atoms with Gasteiger partial charge < -0.3 is 4.90 Å². The van der Waals surface area contributed by atoms with Crippen molar-refractivity contribution in [2.24, 2.45) is 0 Å². The van der Waals surface area contributed by atoms with Crippen LogP contribution < -0.4 is 4.90 Å². The summed E-state index contributed by atoms with van der Waals surface area (Å²) in [6.45, 7) is 9.15. The fourth-order valence-electron chi connectivity index (χ4n) is 11.2. The maximum Gasteiger partial charge on any atom is 0.0714 e.